The molecular weight excluding hydrogens is 184 g/mol. The Kier molecular flexibility index (Phi) is 7.48. The number of rotatable bonds is 3. The van der Waals surface area contributed by atoms with Gasteiger partial charge >= 0.3 is 0 Å². The van der Waals surface area contributed by atoms with Gasteiger partial charge in [-0.2, -0.15) is 0 Å². The SMILES string of the molecule is CN(C)P(=O)(N(C)C)N(C)C.[Na]. The molecule has 0 saturated heterocycles. The molecule has 0 fully saturated rings. The summed E-state index contributed by atoms with van der Waals surface area (Å²) in [4.78, 5) is 0. The molecule has 0 saturated carbocycles. The number of hydrogen-bond donors (Lipinski definition) is 0. The zero-order chi connectivity index (χ0) is 9.23. The molecule has 69 valence electrons. The van der Waals surface area contributed by atoms with Crippen molar-refractivity contribution in [2.75, 3.05) is 42.3 Å². The Hall–Kier alpha value is 1.11. The molecule has 0 aliphatic rings. The second-order valence-corrected chi connectivity index (χ2v) is 6.48. The molecule has 0 aromatic carbocycles. The number of hydrogen-bond acceptors (Lipinski definition) is 1. The molecule has 0 spiro atoms. The Morgan fingerprint density at radius 3 is 0.917 bits per heavy atom. The van der Waals surface area contributed by atoms with Gasteiger partial charge in [0.05, 0.1) is 0 Å². The van der Waals surface area contributed by atoms with Gasteiger partial charge in [0, 0.05) is 29.6 Å². The summed E-state index contributed by atoms with van der Waals surface area (Å²) in [6.07, 6.45) is 0. The topological polar surface area (TPSA) is 26.8 Å². The van der Waals surface area contributed by atoms with Gasteiger partial charge in [-0.25, -0.2) is 14.0 Å². The minimum atomic E-state index is -2.44. The van der Waals surface area contributed by atoms with E-state index < -0.39 is 7.59 Å². The van der Waals surface area contributed by atoms with Crippen LogP contribution in [-0.2, 0) is 4.57 Å². The van der Waals surface area contributed by atoms with Gasteiger partial charge in [-0.15, -0.1) is 0 Å². The predicted molar refractivity (Wildman–Crippen MR) is 54.4 cm³/mol. The van der Waals surface area contributed by atoms with E-state index in [4.69, 9.17) is 0 Å². The molecule has 0 rings (SSSR count). The molecule has 12 heavy (non-hydrogen) atoms. The van der Waals surface area contributed by atoms with E-state index in [1.807, 2.05) is 42.3 Å². The first kappa shape index (κ1) is 15.6. The largest absolute Gasteiger partial charge is 0.285 e. The van der Waals surface area contributed by atoms with E-state index in [1.54, 1.807) is 14.0 Å². The average molecular weight is 202 g/mol. The van der Waals surface area contributed by atoms with Crippen molar-refractivity contribution >= 4 is 37.2 Å². The second kappa shape index (κ2) is 5.76. The normalized spacial score (nSPS) is 12.4. The van der Waals surface area contributed by atoms with Crippen molar-refractivity contribution in [1.29, 1.82) is 0 Å². The third-order valence-corrected chi connectivity index (χ3v) is 4.69. The summed E-state index contributed by atoms with van der Waals surface area (Å²) in [5, 5.41) is 0. The second-order valence-electron chi connectivity index (χ2n) is 3.05. The smallest absolute Gasteiger partial charge is 0.270 e. The Balaban J connectivity index is 0. The summed E-state index contributed by atoms with van der Waals surface area (Å²) in [5.41, 5.74) is 0. The van der Waals surface area contributed by atoms with Crippen molar-refractivity contribution in [2.24, 2.45) is 0 Å². The Morgan fingerprint density at radius 2 is 0.917 bits per heavy atom. The first-order valence-electron chi connectivity index (χ1n) is 3.47. The minimum absolute atomic E-state index is 0. The Bertz CT molecular complexity index is 144. The molecule has 0 aliphatic carbocycles. The van der Waals surface area contributed by atoms with Crippen molar-refractivity contribution in [3.63, 3.8) is 0 Å². The maximum Gasteiger partial charge on any atom is 0.285 e. The van der Waals surface area contributed by atoms with Gasteiger partial charge in [-0.1, -0.05) is 0 Å². The molecule has 0 N–H and O–H groups in total. The first-order valence-corrected chi connectivity index (χ1v) is 5.03. The summed E-state index contributed by atoms with van der Waals surface area (Å²) < 4.78 is 17.3. The molecule has 0 unspecified atom stereocenters. The molecule has 0 amide bonds. The predicted octanol–water partition coefficient (Wildman–Crippen LogP) is 0.398. The number of nitrogens with zero attached hydrogens (tertiary/aromatic N) is 3. The molecule has 0 bridgehead atoms. The van der Waals surface area contributed by atoms with Gasteiger partial charge in [-0.05, 0) is 42.3 Å². The summed E-state index contributed by atoms with van der Waals surface area (Å²) in [6, 6.07) is 0. The monoisotopic (exact) mass is 202 g/mol. The van der Waals surface area contributed by atoms with Crippen LogP contribution in [0, 0.1) is 0 Å². The van der Waals surface area contributed by atoms with E-state index >= 15 is 0 Å². The zero-order valence-electron chi connectivity index (χ0n) is 9.20. The summed E-state index contributed by atoms with van der Waals surface area (Å²) in [7, 11) is 8.49. The van der Waals surface area contributed by atoms with Crippen molar-refractivity contribution in [2.45, 2.75) is 0 Å². The van der Waals surface area contributed by atoms with Crippen LogP contribution in [0.15, 0.2) is 0 Å². The van der Waals surface area contributed by atoms with E-state index in [0.29, 0.717) is 0 Å². The van der Waals surface area contributed by atoms with Crippen LogP contribution < -0.4 is 0 Å². The summed E-state index contributed by atoms with van der Waals surface area (Å²) >= 11 is 0. The van der Waals surface area contributed by atoms with Crippen molar-refractivity contribution < 1.29 is 4.57 Å². The minimum Gasteiger partial charge on any atom is -0.270 e. The van der Waals surface area contributed by atoms with Crippen LogP contribution in [0.25, 0.3) is 0 Å². The molecule has 6 heteroatoms. The van der Waals surface area contributed by atoms with E-state index in [-0.39, 0.29) is 29.6 Å². The van der Waals surface area contributed by atoms with Crippen LogP contribution in [0.1, 0.15) is 0 Å². The summed E-state index contributed by atoms with van der Waals surface area (Å²) in [5.74, 6) is 0. The molecule has 4 nitrogen and oxygen atoms in total. The van der Waals surface area contributed by atoms with Crippen molar-refractivity contribution in [3.05, 3.63) is 0 Å². The van der Waals surface area contributed by atoms with Crippen LogP contribution >= 0.6 is 7.59 Å². The van der Waals surface area contributed by atoms with Crippen LogP contribution in [0.4, 0.5) is 0 Å². The molecule has 0 heterocycles. The maximum absolute atomic E-state index is 12.1. The quantitative estimate of drug-likeness (QED) is 0.489. The first-order chi connectivity index (χ1) is 4.83. The Labute approximate surface area is 97.7 Å². The van der Waals surface area contributed by atoms with Crippen molar-refractivity contribution in [3.8, 4) is 0 Å². The van der Waals surface area contributed by atoms with Crippen LogP contribution in [0.5, 0.6) is 0 Å². The fourth-order valence-electron chi connectivity index (χ4n) is 1.07. The van der Waals surface area contributed by atoms with Crippen LogP contribution in [0.2, 0.25) is 0 Å². The van der Waals surface area contributed by atoms with Crippen LogP contribution in [-0.4, -0.2) is 85.9 Å². The van der Waals surface area contributed by atoms with E-state index in [2.05, 4.69) is 0 Å². The van der Waals surface area contributed by atoms with Gasteiger partial charge < -0.3 is 0 Å². The van der Waals surface area contributed by atoms with Gasteiger partial charge in [0.2, 0.25) is 0 Å². The van der Waals surface area contributed by atoms with Crippen LogP contribution in [0.3, 0.4) is 0 Å². The Morgan fingerprint density at radius 1 is 0.750 bits per heavy atom. The standard InChI is InChI=1S/C6H18N3OP.Na/c1-7(2)11(10,8(3)4)9(5)6;/h1-6H3;. The molecule has 0 aromatic rings. The molecule has 0 atom stereocenters. The summed E-state index contributed by atoms with van der Waals surface area (Å²) in [6.45, 7) is 0. The zero-order valence-corrected chi connectivity index (χ0v) is 12.1. The fraction of sp³-hybridized carbons (Fsp3) is 1.00. The van der Waals surface area contributed by atoms with Gasteiger partial charge in [0.15, 0.2) is 0 Å². The molecule has 0 aliphatic heterocycles. The average Bonchev–Trinajstić information content (AvgIpc) is 1.84. The van der Waals surface area contributed by atoms with Gasteiger partial charge in [0.25, 0.3) is 7.59 Å². The molecule has 1 radical (unpaired) electrons. The van der Waals surface area contributed by atoms with Gasteiger partial charge in [0.1, 0.15) is 0 Å². The van der Waals surface area contributed by atoms with E-state index in [1.165, 1.54) is 0 Å². The third-order valence-electron chi connectivity index (χ3n) is 1.56. The fourth-order valence-corrected chi connectivity index (χ4v) is 3.22. The third kappa shape index (κ3) is 3.11. The van der Waals surface area contributed by atoms with E-state index in [0.717, 1.165) is 0 Å². The maximum atomic E-state index is 12.1. The molecule has 0 aromatic heterocycles. The van der Waals surface area contributed by atoms with E-state index in [9.17, 15) is 4.57 Å². The molecular formula is C6H18N3NaOP. The van der Waals surface area contributed by atoms with Gasteiger partial charge in [-0.3, -0.25) is 4.57 Å². The van der Waals surface area contributed by atoms with Crippen molar-refractivity contribution in [1.82, 2.24) is 14.0 Å².